The van der Waals surface area contributed by atoms with Gasteiger partial charge in [0, 0.05) is 23.0 Å². The molecule has 0 saturated heterocycles. The van der Waals surface area contributed by atoms with E-state index in [-0.39, 0.29) is 5.15 Å². The Balaban J connectivity index is 1.85. The minimum absolute atomic E-state index is 0.283. The van der Waals surface area contributed by atoms with Crippen molar-refractivity contribution in [2.75, 3.05) is 19.0 Å². The lowest BCUT2D eigenvalue weighted by atomic mass is 10.1. The average Bonchev–Trinajstić information content (AvgIpc) is 2.93. The molecule has 0 saturated carbocycles. The maximum atomic E-state index is 5.98. The number of fused-ring (bicyclic) bond motifs is 1. The second-order valence-electron chi connectivity index (χ2n) is 4.55. The number of hydrogen-bond acceptors (Lipinski definition) is 5. The standard InChI is InChI=1S/C14H13BrClN3O2/c1-20-12-13(16)18-7-19-14(12)17-6-9-5-10(15)4-8-2-3-21-11(8)9/h4-5,7H,2-3,6H2,1H3,(H,17,18,19). The van der Waals surface area contributed by atoms with Crippen molar-refractivity contribution in [3.8, 4) is 11.5 Å². The number of anilines is 1. The van der Waals surface area contributed by atoms with Crippen molar-refractivity contribution in [1.29, 1.82) is 0 Å². The van der Waals surface area contributed by atoms with E-state index in [1.54, 1.807) is 0 Å². The molecule has 1 N–H and O–H groups in total. The van der Waals surface area contributed by atoms with Crippen molar-refractivity contribution >= 4 is 33.3 Å². The van der Waals surface area contributed by atoms with Crippen LogP contribution >= 0.6 is 27.5 Å². The number of ether oxygens (including phenoxy) is 2. The second kappa shape index (κ2) is 6.07. The highest BCUT2D eigenvalue weighted by Gasteiger charge is 2.18. The number of hydrogen-bond donors (Lipinski definition) is 1. The molecule has 7 heteroatoms. The third-order valence-electron chi connectivity index (χ3n) is 3.24. The van der Waals surface area contributed by atoms with Gasteiger partial charge in [-0.15, -0.1) is 0 Å². The van der Waals surface area contributed by atoms with E-state index in [1.807, 2.05) is 6.07 Å². The SMILES string of the molecule is COc1c(Cl)ncnc1NCc1cc(Br)cc2c1OCC2. The molecule has 5 nitrogen and oxygen atoms in total. The fraction of sp³-hybridized carbons (Fsp3) is 0.286. The second-order valence-corrected chi connectivity index (χ2v) is 5.83. The highest BCUT2D eigenvalue weighted by atomic mass is 79.9. The van der Waals surface area contributed by atoms with Gasteiger partial charge in [0.2, 0.25) is 0 Å². The third-order valence-corrected chi connectivity index (χ3v) is 3.96. The Morgan fingerprint density at radius 2 is 2.29 bits per heavy atom. The summed E-state index contributed by atoms with van der Waals surface area (Å²) in [6.45, 7) is 1.28. The molecular formula is C14H13BrClN3O2. The first-order valence-electron chi connectivity index (χ1n) is 6.41. The summed E-state index contributed by atoms with van der Waals surface area (Å²) < 4.78 is 12.0. The Morgan fingerprint density at radius 3 is 3.10 bits per heavy atom. The lowest BCUT2D eigenvalue weighted by Crippen LogP contribution is -2.05. The number of benzene rings is 1. The Kier molecular flexibility index (Phi) is 4.17. The molecule has 0 amide bonds. The first-order valence-corrected chi connectivity index (χ1v) is 7.58. The summed E-state index contributed by atoms with van der Waals surface area (Å²) in [5.74, 6) is 1.95. The van der Waals surface area contributed by atoms with Crippen LogP contribution in [0.2, 0.25) is 5.15 Å². The van der Waals surface area contributed by atoms with Gasteiger partial charge in [-0.2, -0.15) is 0 Å². The summed E-state index contributed by atoms with van der Waals surface area (Å²) in [5.41, 5.74) is 2.28. The van der Waals surface area contributed by atoms with E-state index < -0.39 is 0 Å². The van der Waals surface area contributed by atoms with Gasteiger partial charge in [0.15, 0.2) is 16.7 Å². The van der Waals surface area contributed by atoms with Gasteiger partial charge in [-0.3, -0.25) is 0 Å². The number of rotatable bonds is 4. The highest BCUT2D eigenvalue weighted by molar-refractivity contribution is 9.10. The number of halogens is 2. The normalized spacial score (nSPS) is 12.7. The maximum Gasteiger partial charge on any atom is 0.198 e. The van der Waals surface area contributed by atoms with Crippen LogP contribution < -0.4 is 14.8 Å². The van der Waals surface area contributed by atoms with E-state index in [9.17, 15) is 0 Å². The van der Waals surface area contributed by atoms with Crippen LogP contribution in [0.3, 0.4) is 0 Å². The fourth-order valence-electron chi connectivity index (χ4n) is 2.32. The van der Waals surface area contributed by atoms with E-state index >= 15 is 0 Å². The summed E-state index contributed by atoms with van der Waals surface area (Å²) in [4.78, 5) is 8.05. The van der Waals surface area contributed by atoms with Gasteiger partial charge in [-0.05, 0) is 17.7 Å². The molecule has 0 aliphatic carbocycles. The molecular weight excluding hydrogens is 358 g/mol. The van der Waals surface area contributed by atoms with Crippen molar-refractivity contribution in [3.63, 3.8) is 0 Å². The molecule has 3 rings (SSSR count). The predicted octanol–water partition coefficient (Wildman–Crippen LogP) is 3.45. The largest absolute Gasteiger partial charge is 0.493 e. The van der Waals surface area contributed by atoms with Crippen molar-refractivity contribution < 1.29 is 9.47 Å². The van der Waals surface area contributed by atoms with Gasteiger partial charge in [0.1, 0.15) is 12.1 Å². The lowest BCUT2D eigenvalue weighted by Gasteiger charge is -2.13. The van der Waals surface area contributed by atoms with Crippen LogP contribution in [0, 0.1) is 0 Å². The molecule has 0 radical (unpaired) electrons. The van der Waals surface area contributed by atoms with Crippen LogP contribution in [0.5, 0.6) is 11.5 Å². The van der Waals surface area contributed by atoms with Gasteiger partial charge >= 0.3 is 0 Å². The molecule has 0 unspecified atom stereocenters. The van der Waals surface area contributed by atoms with Crippen molar-refractivity contribution in [2.24, 2.45) is 0 Å². The molecule has 2 heterocycles. The summed E-state index contributed by atoms with van der Waals surface area (Å²) in [5, 5.41) is 3.50. The number of nitrogens with one attached hydrogen (secondary N) is 1. The first-order chi connectivity index (χ1) is 10.2. The van der Waals surface area contributed by atoms with E-state index in [0.29, 0.717) is 18.1 Å². The predicted molar refractivity (Wildman–Crippen MR) is 84.3 cm³/mol. The smallest absolute Gasteiger partial charge is 0.198 e. The van der Waals surface area contributed by atoms with Crippen molar-refractivity contribution in [2.45, 2.75) is 13.0 Å². The Labute approximate surface area is 135 Å². The summed E-state index contributed by atoms with van der Waals surface area (Å²) in [6.07, 6.45) is 2.33. The Hall–Kier alpha value is -1.53. The van der Waals surface area contributed by atoms with E-state index in [2.05, 4.69) is 37.3 Å². The van der Waals surface area contributed by atoms with Gasteiger partial charge in [-0.25, -0.2) is 9.97 Å². The summed E-state index contributed by atoms with van der Waals surface area (Å²) >= 11 is 9.51. The Morgan fingerprint density at radius 1 is 1.43 bits per heavy atom. The zero-order valence-electron chi connectivity index (χ0n) is 11.3. The number of methoxy groups -OCH3 is 1. The molecule has 0 fully saturated rings. The van der Waals surface area contributed by atoms with Crippen LogP contribution in [0.15, 0.2) is 22.9 Å². The lowest BCUT2D eigenvalue weighted by molar-refractivity contribution is 0.353. The van der Waals surface area contributed by atoms with Gasteiger partial charge in [0.05, 0.1) is 13.7 Å². The zero-order chi connectivity index (χ0) is 14.8. The van der Waals surface area contributed by atoms with Crippen LogP contribution in [0.25, 0.3) is 0 Å². The number of aromatic nitrogens is 2. The molecule has 1 aromatic heterocycles. The molecule has 1 aliphatic rings. The first kappa shape index (κ1) is 14.4. The molecule has 1 aromatic carbocycles. The highest BCUT2D eigenvalue weighted by Crippen LogP contribution is 2.34. The average molecular weight is 371 g/mol. The van der Waals surface area contributed by atoms with E-state index in [4.69, 9.17) is 21.1 Å². The quantitative estimate of drug-likeness (QED) is 0.836. The van der Waals surface area contributed by atoms with Gasteiger partial charge in [-0.1, -0.05) is 27.5 Å². The van der Waals surface area contributed by atoms with E-state index in [0.717, 1.165) is 28.8 Å². The van der Waals surface area contributed by atoms with E-state index in [1.165, 1.54) is 19.0 Å². The Bertz CT molecular complexity index is 682. The van der Waals surface area contributed by atoms with Crippen molar-refractivity contribution in [1.82, 2.24) is 9.97 Å². The molecule has 0 bridgehead atoms. The molecule has 0 atom stereocenters. The minimum atomic E-state index is 0.283. The zero-order valence-corrected chi connectivity index (χ0v) is 13.7. The monoisotopic (exact) mass is 369 g/mol. The summed E-state index contributed by atoms with van der Waals surface area (Å²) in [6, 6.07) is 4.13. The van der Waals surface area contributed by atoms with Crippen LogP contribution in [-0.2, 0) is 13.0 Å². The fourth-order valence-corrected chi connectivity index (χ4v) is 3.08. The number of nitrogens with zero attached hydrogens (tertiary/aromatic N) is 2. The molecule has 21 heavy (non-hydrogen) atoms. The molecule has 0 spiro atoms. The summed E-state index contributed by atoms with van der Waals surface area (Å²) in [7, 11) is 1.54. The van der Waals surface area contributed by atoms with Gasteiger partial charge < -0.3 is 14.8 Å². The molecule has 110 valence electrons. The molecule has 2 aromatic rings. The van der Waals surface area contributed by atoms with Crippen LogP contribution in [-0.4, -0.2) is 23.7 Å². The maximum absolute atomic E-state index is 5.98. The van der Waals surface area contributed by atoms with Crippen LogP contribution in [0.1, 0.15) is 11.1 Å². The van der Waals surface area contributed by atoms with Crippen molar-refractivity contribution in [3.05, 3.63) is 39.2 Å². The topological polar surface area (TPSA) is 56.3 Å². The van der Waals surface area contributed by atoms with Gasteiger partial charge in [0.25, 0.3) is 0 Å². The third kappa shape index (κ3) is 2.91. The minimum Gasteiger partial charge on any atom is -0.493 e. The van der Waals surface area contributed by atoms with Crippen LogP contribution in [0.4, 0.5) is 5.82 Å². The molecule has 1 aliphatic heterocycles.